The first-order chi connectivity index (χ1) is 9.06. The van der Waals surface area contributed by atoms with Gasteiger partial charge < -0.3 is 20.8 Å². The topological polar surface area (TPSA) is 90.3 Å². The van der Waals surface area contributed by atoms with Crippen LogP contribution in [0.25, 0.3) is 0 Å². The maximum atomic E-state index is 9.34. The highest BCUT2D eigenvalue weighted by Crippen LogP contribution is 2.17. The molecule has 1 aromatic rings. The van der Waals surface area contributed by atoms with E-state index in [1.165, 1.54) is 0 Å². The Morgan fingerprint density at radius 3 is 2.37 bits per heavy atom. The summed E-state index contributed by atoms with van der Waals surface area (Å²) < 4.78 is 0. The minimum absolute atomic E-state index is 0.228. The van der Waals surface area contributed by atoms with E-state index in [4.69, 9.17) is 5.11 Å². The van der Waals surface area contributed by atoms with Gasteiger partial charge in [-0.25, -0.2) is 9.97 Å². The minimum atomic E-state index is -0.787. The van der Waals surface area contributed by atoms with Crippen LogP contribution < -0.4 is 10.6 Å². The third-order valence-electron chi connectivity index (χ3n) is 2.55. The first-order valence-electron chi connectivity index (χ1n) is 6.72. The molecule has 1 rings (SSSR count). The summed E-state index contributed by atoms with van der Waals surface area (Å²) in [5.74, 6) is 2.42. The molecular weight excluding hydrogens is 244 g/mol. The van der Waals surface area contributed by atoms with Crippen LogP contribution in [0.3, 0.4) is 0 Å². The van der Waals surface area contributed by atoms with Gasteiger partial charge in [0.25, 0.3) is 0 Å². The van der Waals surface area contributed by atoms with Crippen molar-refractivity contribution in [3.8, 4) is 0 Å². The van der Waals surface area contributed by atoms with E-state index in [-0.39, 0.29) is 19.1 Å². The Hall–Kier alpha value is -1.40. The van der Waals surface area contributed by atoms with E-state index in [9.17, 15) is 5.11 Å². The van der Waals surface area contributed by atoms with Gasteiger partial charge in [0, 0.05) is 25.1 Å². The van der Waals surface area contributed by atoms with Crippen molar-refractivity contribution in [3.63, 3.8) is 0 Å². The third kappa shape index (κ3) is 5.40. The second kappa shape index (κ2) is 7.91. The summed E-state index contributed by atoms with van der Waals surface area (Å²) in [5.41, 5.74) is 0. The van der Waals surface area contributed by atoms with Gasteiger partial charge in [-0.15, -0.1) is 0 Å². The third-order valence-corrected chi connectivity index (χ3v) is 2.55. The number of nitrogens with one attached hydrogen (secondary N) is 2. The Morgan fingerprint density at radius 2 is 1.84 bits per heavy atom. The molecule has 19 heavy (non-hydrogen) atoms. The number of aliphatic hydroxyl groups excluding tert-OH is 2. The zero-order valence-electron chi connectivity index (χ0n) is 11.8. The van der Waals surface area contributed by atoms with E-state index in [2.05, 4.69) is 27.5 Å². The Bertz CT molecular complexity index is 385. The maximum absolute atomic E-state index is 9.34. The van der Waals surface area contributed by atoms with Gasteiger partial charge >= 0.3 is 0 Å². The first kappa shape index (κ1) is 15.7. The molecule has 0 amide bonds. The molecule has 0 saturated heterocycles. The van der Waals surface area contributed by atoms with Crippen LogP contribution in [-0.4, -0.2) is 46.0 Å². The molecule has 0 aromatic carbocycles. The molecule has 0 bridgehead atoms. The van der Waals surface area contributed by atoms with Crippen molar-refractivity contribution >= 4 is 11.6 Å². The van der Waals surface area contributed by atoms with E-state index in [1.807, 2.05) is 19.9 Å². The fourth-order valence-corrected chi connectivity index (χ4v) is 1.45. The molecule has 1 atom stereocenters. The lowest BCUT2D eigenvalue weighted by atomic mass is 10.2. The molecule has 108 valence electrons. The van der Waals surface area contributed by atoms with Gasteiger partial charge in [-0.1, -0.05) is 20.8 Å². The van der Waals surface area contributed by atoms with Crippen LogP contribution in [0.2, 0.25) is 0 Å². The molecule has 6 nitrogen and oxygen atoms in total. The molecule has 1 aromatic heterocycles. The summed E-state index contributed by atoms with van der Waals surface area (Å²) in [7, 11) is 0. The van der Waals surface area contributed by atoms with Crippen LogP contribution in [0.15, 0.2) is 6.07 Å². The van der Waals surface area contributed by atoms with Crippen LogP contribution >= 0.6 is 0 Å². The van der Waals surface area contributed by atoms with Crippen molar-refractivity contribution in [1.82, 2.24) is 9.97 Å². The van der Waals surface area contributed by atoms with E-state index in [0.717, 1.165) is 24.6 Å². The van der Waals surface area contributed by atoms with Crippen molar-refractivity contribution in [1.29, 1.82) is 0 Å². The number of aliphatic hydroxyl groups is 2. The molecule has 6 heteroatoms. The summed E-state index contributed by atoms with van der Waals surface area (Å²) in [4.78, 5) is 8.84. The second-order valence-electron chi connectivity index (χ2n) is 4.80. The van der Waals surface area contributed by atoms with E-state index >= 15 is 0 Å². The highest BCUT2D eigenvalue weighted by Gasteiger charge is 2.09. The Morgan fingerprint density at radius 1 is 1.21 bits per heavy atom. The molecule has 1 heterocycles. The zero-order valence-corrected chi connectivity index (χ0v) is 11.8. The molecule has 1 unspecified atom stereocenters. The molecule has 0 saturated carbocycles. The number of rotatable bonds is 8. The predicted molar refractivity (Wildman–Crippen MR) is 76.5 cm³/mol. The van der Waals surface area contributed by atoms with Gasteiger partial charge in [-0.2, -0.15) is 0 Å². The molecule has 0 fully saturated rings. The number of hydrogen-bond acceptors (Lipinski definition) is 6. The summed E-state index contributed by atoms with van der Waals surface area (Å²) in [5, 5.41) is 24.4. The lowest BCUT2D eigenvalue weighted by Gasteiger charge is -2.14. The largest absolute Gasteiger partial charge is 0.394 e. The molecular formula is C13H24N4O2. The number of nitrogens with zero attached hydrogens (tertiary/aromatic N) is 2. The number of hydrogen-bond donors (Lipinski definition) is 4. The summed E-state index contributed by atoms with van der Waals surface area (Å²) in [6.07, 6.45) is 0.233. The molecule has 4 N–H and O–H groups in total. The van der Waals surface area contributed by atoms with Crippen molar-refractivity contribution in [2.45, 2.75) is 39.2 Å². The van der Waals surface area contributed by atoms with Crippen molar-refractivity contribution < 1.29 is 10.2 Å². The fourth-order valence-electron chi connectivity index (χ4n) is 1.45. The smallest absolute Gasteiger partial charge is 0.135 e. The predicted octanol–water partition coefficient (Wildman–Crippen LogP) is 1.19. The van der Waals surface area contributed by atoms with Crippen LogP contribution in [-0.2, 0) is 0 Å². The maximum Gasteiger partial charge on any atom is 0.135 e. The Labute approximate surface area is 114 Å². The van der Waals surface area contributed by atoms with Crippen molar-refractivity contribution in [2.75, 3.05) is 30.3 Å². The Balaban J connectivity index is 2.80. The quantitative estimate of drug-likeness (QED) is 0.566. The Kier molecular flexibility index (Phi) is 6.52. The monoisotopic (exact) mass is 268 g/mol. The highest BCUT2D eigenvalue weighted by atomic mass is 16.3. The van der Waals surface area contributed by atoms with Crippen molar-refractivity contribution in [2.24, 2.45) is 0 Å². The first-order valence-corrected chi connectivity index (χ1v) is 6.72. The summed E-state index contributed by atoms with van der Waals surface area (Å²) >= 11 is 0. The van der Waals surface area contributed by atoms with Gasteiger partial charge in [0.2, 0.25) is 0 Å². The summed E-state index contributed by atoms with van der Waals surface area (Å²) in [6, 6.07) is 1.81. The average Bonchev–Trinajstić information content (AvgIpc) is 2.42. The average molecular weight is 268 g/mol. The highest BCUT2D eigenvalue weighted by molar-refractivity contribution is 5.47. The van der Waals surface area contributed by atoms with Crippen LogP contribution in [0.1, 0.15) is 38.9 Å². The fraction of sp³-hybridized carbons (Fsp3) is 0.692. The van der Waals surface area contributed by atoms with Crippen molar-refractivity contribution in [3.05, 3.63) is 11.9 Å². The van der Waals surface area contributed by atoms with E-state index < -0.39 is 6.10 Å². The lowest BCUT2D eigenvalue weighted by molar-refractivity contribution is 0.105. The van der Waals surface area contributed by atoms with Gasteiger partial charge in [0.1, 0.15) is 17.5 Å². The molecule has 0 spiro atoms. The van der Waals surface area contributed by atoms with Gasteiger partial charge in [-0.3, -0.25) is 0 Å². The minimum Gasteiger partial charge on any atom is -0.394 e. The van der Waals surface area contributed by atoms with E-state index in [0.29, 0.717) is 5.82 Å². The molecule has 0 aliphatic carbocycles. The summed E-state index contributed by atoms with van der Waals surface area (Å²) in [6.45, 7) is 7.01. The van der Waals surface area contributed by atoms with Gasteiger partial charge in [0.05, 0.1) is 12.7 Å². The SMILES string of the molecule is CCCNc1cc(NCC(O)CO)nc(C(C)C)n1. The van der Waals surface area contributed by atoms with Gasteiger partial charge in [0.15, 0.2) is 0 Å². The van der Waals surface area contributed by atoms with Gasteiger partial charge in [-0.05, 0) is 6.42 Å². The van der Waals surface area contributed by atoms with E-state index in [1.54, 1.807) is 0 Å². The lowest BCUT2D eigenvalue weighted by Crippen LogP contribution is -2.23. The normalized spacial score (nSPS) is 12.5. The second-order valence-corrected chi connectivity index (χ2v) is 4.80. The molecule has 0 aliphatic heterocycles. The van der Waals surface area contributed by atoms with Crippen LogP contribution in [0, 0.1) is 0 Å². The van der Waals surface area contributed by atoms with Crippen LogP contribution in [0.5, 0.6) is 0 Å². The molecule has 0 radical (unpaired) electrons. The zero-order chi connectivity index (χ0) is 14.3. The van der Waals surface area contributed by atoms with Crippen LogP contribution in [0.4, 0.5) is 11.6 Å². The number of anilines is 2. The number of aromatic nitrogens is 2. The standard InChI is InChI=1S/C13H24N4O2/c1-4-5-14-11-6-12(15-7-10(19)8-18)17-13(16-11)9(2)3/h6,9-10,18-19H,4-5,7-8H2,1-3H3,(H2,14,15,16,17). The molecule has 0 aliphatic rings.